The minimum absolute atomic E-state index is 0.296. The van der Waals surface area contributed by atoms with Crippen LogP contribution >= 0.6 is 0 Å². The normalized spacial score (nSPS) is 22.5. The fraction of sp³-hybridized carbons (Fsp3) is 0.833. The third-order valence-electron chi connectivity index (χ3n) is 3.45. The van der Waals surface area contributed by atoms with Gasteiger partial charge in [0.05, 0.1) is 11.0 Å². The third kappa shape index (κ3) is 4.01. The largest absolute Gasteiger partial charge is 0.339 e. The van der Waals surface area contributed by atoms with Gasteiger partial charge in [0, 0.05) is 12.8 Å². The van der Waals surface area contributed by atoms with E-state index < -0.39 is 9.84 Å². The number of hydrogen-bond donors (Lipinski definition) is 1. The summed E-state index contributed by atoms with van der Waals surface area (Å²) in [5.41, 5.74) is 0. The summed E-state index contributed by atoms with van der Waals surface area (Å²) in [6.07, 6.45) is 4.51. The zero-order chi connectivity index (χ0) is 13.7. The van der Waals surface area contributed by atoms with Crippen LogP contribution in [0.5, 0.6) is 0 Å². The van der Waals surface area contributed by atoms with Crippen LogP contribution in [0.2, 0.25) is 0 Å². The second-order valence-electron chi connectivity index (χ2n) is 5.00. The quantitative estimate of drug-likeness (QED) is 0.776. The molecule has 0 radical (unpaired) electrons. The first kappa shape index (κ1) is 14.5. The van der Waals surface area contributed by atoms with Gasteiger partial charge in [-0.15, -0.1) is 0 Å². The van der Waals surface area contributed by atoms with Crippen LogP contribution in [0.4, 0.5) is 0 Å². The standard InChI is InChI=1S/C12H21N3O3S/c1-13-7-4-6-12-14-11(15-18-12)9-10-5-2-3-8-19(10,16)17/h10,13H,2-9H2,1H3. The molecule has 1 aromatic rings. The van der Waals surface area contributed by atoms with Gasteiger partial charge in [0.1, 0.15) is 0 Å². The van der Waals surface area contributed by atoms with E-state index in [0.717, 1.165) is 32.2 Å². The molecule has 1 aliphatic heterocycles. The summed E-state index contributed by atoms with van der Waals surface area (Å²) < 4.78 is 29.0. The maximum atomic E-state index is 11.9. The lowest BCUT2D eigenvalue weighted by atomic mass is 10.1. The van der Waals surface area contributed by atoms with Crippen LogP contribution in [-0.4, -0.2) is 43.2 Å². The molecule has 0 aliphatic carbocycles. The Bertz CT molecular complexity index is 498. The lowest BCUT2D eigenvalue weighted by molar-refractivity contribution is 0.369. The van der Waals surface area contributed by atoms with E-state index in [1.54, 1.807) is 0 Å². The molecule has 108 valence electrons. The number of aromatic nitrogens is 2. The second kappa shape index (κ2) is 6.47. The molecule has 0 bridgehead atoms. The van der Waals surface area contributed by atoms with Crippen LogP contribution in [0, 0.1) is 0 Å². The van der Waals surface area contributed by atoms with Crippen molar-refractivity contribution >= 4 is 9.84 Å². The Morgan fingerprint density at radius 2 is 2.26 bits per heavy atom. The summed E-state index contributed by atoms with van der Waals surface area (Å²) in [5.74, 6) is 1.42. The summed E-state index contributed by atoms with van der Waals surface area (Å²) in [4.78, 5) is 4.27. The highest BCUT2D eigenvalue weighted by Crippen LogP contribution is 2.22. The molecule has 6 nitrogen and oxygen atoms in total. The van der Waals surface area contributed by atoms with Crippen LogP contribution in [0.15, 0.2) is 4.52 Å². The van der Waals surface area contributed by atoms with Crippen molar-refractivity contribution in [3.05, 3.63) is 11.7 Å². The van der Waals surface area contributed by atoms with Crippen molar-refractivity contribution in [2.24, 2.45) is 0 Å². The molecule has 19 heavy (non-hydrogen) atoms. The summed E-state index contributed by atoms with van der Waals surface area (Å²) in [6.45, 7) is 0.898. The number of rotatable bonds is 6. The van der Waals surface area contributed by atoms with Gasteiger partial charge in [0.2, 0.25) is 5.89 Å². The van der Waals surface area contributed by atoms with Gasteiger partial charge < -0.3 is 9.84 Å². The van der Waals surface area contributed by atoms with Crippen molar-refractivity contribution in [3.8, 4) is 0 Å². The van der Waals surface area contributed by atoms with Crippen molar-refractivity contribution in [2.75, 3.05) is 19.3 Å². The minimum Gasteiger partial charge on any atom is -0.339 e. The van der Waals surface area contributed by atoms with Crippen LogP contribution in [0.25, 0.3) is 0 Å². The predicted octanol–water partition coefficient (Wildman–Crippen LogP) is 0.731. The van der Waals surface area contributed by atoms with Gasteiger partial charge in [0.25, 0.3) is 0 Å². The van der Waals surface area contributed by atoms with Crippen molar-refractivity contribution in [1.29, 1.82) is 0 Å². The van der Waals surface area contributed by atoms with Crippen LogP contribution < -0.4 is 5.32 Å². The van der Waals surface area contributed by atoms with Crippen molar-refractivity contribution in [1.82, 2.24) is 15.5 Å². The molecule has 1 aliphatic rings. The van der Waals surface area contributed by atoms with Crippen LogP contribution in [-0.2, 0) is 22.7 Å². The Morgan fingerprint density at radius 1 is 1.42 bits per heavy atom. The average Bonchev–Trinajstić information content (AvgIpc) is 2.80. The molecular formula is C12H21N3O3S. The highest BCUT2D eigenvalue weighted by molar-refractivity contribution is 7.92. The first-order valence-electron chi connectivity index (χ1n) is 6.79. The first-order valence-corrected chi connectivity index (χ1v) is 8.51. The third-order valence-corrected chi connectivity index (χ3v) is 5.73. The molecule has 1 fully saturated rings. The summed E-state index contributed by atoms with van der Waals surface area (Å²) >= 11 is 0. The average molecular weight is 287 g/mol. The summed E-state index contributed by atoms with van der Waals surface area (Å²) in [6, 6.07) is 0. The van der Waals surface area contributed by atoms with E-state index in [4.69, 9.17) is 4.52 Å². The Labute approximate surface area is 113 Å². The molecule has 1 unspecified atom stereocenters. The Kier molecular flexibility index (Phi) is 4.93. The van der Waals surface area contributed by atoms with Crippen LogP contribution in [0.3, 0.4) is 0 Å². The smallest absolute Gasteiger partial charge is 0.226 e. The Balaban J connectivity index is 1.92. The highest BCUT2D eigenvalue weighted by Gasteiger charge is 2.30. The van der Waals surface area contributed by atoms with Crippen molar-refractivity contribution in [2.45, 2.75) is 43.8 Å². The molecule has 0 saturated carbocycles. The monoisotopic (exact) mass is 287 g/mol. The molecule has 0 amide bonds. The zero-order valence-corrected chi connectivity index (χ0v) is 12.1. The number of nitrogens with zero attached hydrogens (tertiary/aromatic N) is 2. The molecule has 7 heteroatoms. The van der Waals surface area contributed by atoms with Gasteiger partial charge in [-0.1, -0.05) is 11.6 Å². The number of hydrogen-bond acceptors (Lipinski definition) is 6. The first-order chi connectivity index (χ1) is 9.12. The van der Waals surface area contributed by atoms with Crippen molar-refractivity contribution in [3.63, 3.8) is 0 Å². The Hall–Kier alpha value is -0.950. The molecule has 2 rings (SSSR count). The number of sulfone groups is 1. The molecule has 0 spiro atoms. The van der Waals surface area contributed by atoms with Crippen molar-refractivity contribution < 1.29 is 12.9 Å². The number of nitrogens with one attached hydrogen (secondary N) is 1. The van der Waals surface area contributed by atoms with Crippen LogP contribution in [0.1, 0.15) is 37.4 Å². The van der Waals surface area contributed by atoms with Gasteiger partial charge in [-0.05, 0) is 32.9 Å². The molecule has 0 aromatic carbocycles. The summed E-state index contributed by atoms with van der Waals surface area (Å²) in [5, 5.41) is 6.61. The fourth-order valence-electron chi connectivity index (χ4n) is 2.35. The van der Waals surface area contributed by atoms with Gasteiger partial charge in [-0.3, -0.25) is 0 Å². The maximum Gasteiger partial charge on any atom is 0.226 e. The number of aryl methyl sites for hydroxylation is 1. The predicted molar refractivity (Wildman–Crippen MR) is 71.7 cm³/mol. The second-order valence-corrected chi connectivity index (χ2v) is 7.40. The van der Waals surface area contributed by atoms with E-state index in [9.17, 15) is 8.42 Å². The topological polar surface area (TPSA) is 85.1 Å². The van der Waals surface area contributed by atoms with E-state index >= 15 is 0 Å². The molecule has 1 saturated heterocycles. The molecular weight excluding hydrogens is 266 g/mol. The van der Waals surface area contributed by atoms with E-state index in [-0.39, 0.29) is 5.25 Å². The SMILES string of the molecule is CNCCCc1nc(CC2CCCCS2(=O)=O)no1. The van der Waals surface area contributed by atoms with Gasteiger partial charge in [0.15, 0.2) is 15.7 Å². The van der Waals surface area contributed by atoms with E-state index in [1.165, 1.54) is 0 Å². The van der Waals surface area contributed by atoms with E-state index in [2.05, 4.69) is 15.5 Å². The van der Waals surface area contributed by atoms with Gasteiger partial charge in [-0.2, -0.15) is 4.98 Å². The molecule has 2 heterocycles. The van der Waals surface area contributed by atoms with E-state index in [1.807, 2.05) is 7.05 Å². The Morgan fingerprint density at radius 3 is 3.00 bits per heavy atom. The highest BCUT2D eigenvalue weighted by atomic mass is 32.2. The zero-order valence-electron chi connectivity index (χ0n) is 11.3. The molecule has 1 N–H and O–H groups in total. The lowest BCUT2D eigenvalue weighted by Gasteiger charge is -2.20. The fourth-order valence-corrected chi connectivity index (χ4v) is 4.21. The molecule has 1 atom stereocenters. The maximum absolute atomic E-state index is 11.9. The lowest BCUT2D eigenvalue weighted by Crippen LogP contribution is -2.30. The van der Waals surface area contributed by atoms with Gasteiger partial charge >= 0.3 is 0 Å². The molecule has 1 aromatic heterocycles. The summed E-state index contributed by atoms with van der Waals surface area (Å²) in [7, 11) is -1.07. The van der Waals surface area contributed by atoms with Gasteiger partial charge in [-0.25, -0.2) is 8.42 Å². The van der Waals surface area contributed by atoms with E-state index in [0.29, 0.717) is 30.3 Å². The minimum atomic E-state index is -2.97.